The van der Waals surface area contributed by atoms with Gasteiger partial charge in [0.15, 0.2) is 0 Å². The molecule has 2 N–H and O–H groups in total. The van der Waals surface area contributed by atoms with Crippen molar-refractivity contribution >= 4 is 40.4 Å². The third-order valence-corrected chi connectivity index (χ3v) is 7.42. The molecule has 3 amide bonds. The van der Waals surface area contributed by atoms with E-state index in [1.165, 1.54) is 46.0 Å². The minimum Gasteiger partial charge on any atom is -0.337 e. The summed E-state index contributed by atoms with van der Waals surface area (Å²) in [6.45, 7) is 1.04. The molecule has 2 aliphatic rings. The molecular weight excluding hydrogens is 394 g/mol. The average molecular weight is 418 g/mol. The number of carbonyl (C=O) groups is 3. The number of hydrogen-bond acceptors (Lipinski definition) is 5. The number of nitrogens with zero attached hydrogens (tertiary/aromatic N) is 1. The number of amides is 3. The molecule has 8 heteroatoms. The van der Waals surface area contributed by atoms with Crippen LogP contribution in [-0.4, -0.2) is 35.7 Å². The summed E-state index contributed by atoms with van der Waals surface area (Å²) in [5.41, 5.74) is 6.37. The number of rotatable bonds is 3. The van der Waals surface area contributed by atoms with Crippen LogP contribution in [0.4, 0.5) is 0 Å². The van der Waals surface area contributed by atoms with Crippen molar-refractivity contribution in [2.75, 3.05) is 13.1 Å². The normalized spacial score (nSPS) is 19.0. The zero-order valence-electron chi connectivity index (χ0n) is 15.5. The summed E-state index contributed by atoms with van der Waals surface area (Å²) in [5.74, 6) is -0.844. The molecule has 28 heavy (non-hydrogen) atoms. The molecule has 1 fully saturated rings. The Bertz CT molecular complexity index is 852. The van der Waals surface area contributed by atoms with Gasteiger partial charge in [0.1, 0.15) is 0 Å². The van der Waals surface area contributed by atoms with Gasteiger partial charge in [0.2, 0.25) is 5.91 Å². The van der Waals surface area contributed by atoms with Crippen LogP contribution in [0.25, 0.3) is 0 Å². The van der Waals surface area contributed by atoms with Crippen molar-refractivity contribution in [3.05, 3.63) is 43.8 Å². The van der Waals surface area contributed by atoms with Crippen molar-refractivity contribution in [2.45, 2.75) is 38.5 Å². The van der Waals surface area contributed by atoms with Gasteiger partial charge >= 0.3 is 0 Å². The van der Waals surface area contributed by atoms with Crippen molar-refractivity contribution in [3.63, 3.8) is 0 Å². The lowest BCUT2D eigenvalue weighted by atomic mass is 9.97. The minimum atomic E-state index is -0.311. The number of fused-ring (bicyclic) bond motifs is 1. The van der Waals surface area contributed by atoms with E-state index in [1.54, 1.807) is 11.0 Å². The van der Waals surface area contributed by atoms with E-state index in [4.69, 9.17) is 0 Å². The maximum absolute atomic E-state index is 12.5. The summed E-state index contributed by atoms with van der Waals surface area (Å²) >= 11 is 2.93. The van der Waals surface area contributed by atoms with Gasteiger partial charge in [0, 0.05) is 18.0 Å². The third-order valence-electron chi connectivity index (χ3n) is 5.33. The highest BCUT2D eigenvalue weighted by Crippen LogP contribution is 2.29. The predicted octanol–water partition coefficient (Wildman–Crippen LogP) is 3.00. The zero-order chi connectivity index (χ0) is 19.5. The molecule has 4 rings (SSSR count). The first kappa shape index (κ1) is 19.1. The van der Waals surface area contributed by atoms with Crippen LogP contribution >= 0.6 is 22.7 Å². The zero-order valence-corrected chi connectivity index (χ0v) is 17.2. The maximum Gasteiger partial charge on any atom is 0.279 e. The molecule has 2 aromatic heterocycles. The van der Waals surface area contributed by atoms with Crippen molar-refractivity contribution in [1.29, 1.82) is 0 Å². The number of hydrazine groups is 1. The van der Waals surface area contributed by atoms with Crippen LogP contribution in [0.3, 0.4) is 0 Å². The van der Waals surface area contributed by atoms with Gasteiger partial charge in [-0.05, 0) is 61.6 Å². The molecule has 6 nitrogen and oxygen atoms in total. The first-order valence-corrected chi connectivity index (χ1v) is 11.4. The quantitative estimate of drug-likeness (QED) is 0.754. The molecule has 1 saturated heterocycles. The largest absolute Gasteiger partial charge is 0.337 e. The SMILES string of the molecule is O=C(NNC(=O)C1CCCN(C(=O)c2cccs2)C1)c1cc2c(s1)CCCC2. The van der Waals surface area contributed by atoms with Gasteiger partial charge < -0.3 is 4.90 Å². The van der Waals surface area contributed by atoms with E-state index in [1.807, 2.05) is 17.5 Å². The van der Waals surface area contributed by atoms with Crippen LogP contribution in [0.1, 0.15) is 55.5 Å². The lowest BCUT2D eigenvalue weighted by Gasteiger charge is -2.31. The van der Waals surface area contributed by atoms with Crippen LogP contribution < -0.4 is 10.9 Å². The molecule has 1 unspecified atom stereocenters. The van der Waals surface area contributed by atoms with Gasteiger partial charge in [-0.1, -0.05) is 6.07 Å². The number of piperidine rings is 1. The third kappa shape index (κ3) is 4.12. The molecule has 3 heterocycles. The second-order valence-electron chi connectivity index (χ2n) is 7.28. The molecular formula is C20H23N3O3S2. The first-order valence-electron chi connectivity index (χ1n) is 9.66. The molecule has 0 spiro atoms. The van der Waals surface area contributed by atoms with Gasteiger partial charge in [-0.15, -0.1) is 22.7 Å². The molecule has 2 aromatic rings. The highest BCUT2D eigenvalue weighted by atomic mass is 32.1. The number of hydrogen-bond donors (Lipinski definition) is 2. The van der Waals surface area contributed by atoms with Crippen molar-refractivity contribution in [1.82, 2.24) is 15.8 Å². The van der Waals surface area contributed by atoms with Crippen molar-refractivity contribution in [3.8, 4) is 0 Å². The summed E-state index contributed by atoms with van der Waals surface area (Å²) in [6.07, 6.45) is 5.90. The fourth-order valence-corrected chi connectivity index (χ4v) is 5.66. The van der Waals surface area contributed by atoms with Crippen LogP contribution in [0.5, 0.6) is 0 Å². The molecule has 1 aliphatic heterocycles. The standard InChI is InChI=1S/C20H23N3O3S2/c24-18(14-6-3-9-23(12-14)20(26)16-8-4-10-27-16)21-22-19(25)17-11-13-5-1-2-7-15(13)28-17/h4,8,10-11,14H,1-3,5-7,9,12H2,(H,21,24)(H,22,25). The summed E-state index contributed by atoms with van der Waals surface area (Å²) in [6, 6.07) is 5.60. The first-order chi connectivity index (χ1) is 13.6. The topological polar surface area (TPSA) is 78.5 Å². The molecule has 1 aliphatic carbocycles. The molecule has 0 bridgehead atoms. The second kappa shape index (κ2) is 8.45. The van der Waals surface area contributed by atoms with E-state index < -0.39 is 0 Å². The number of likely N-dealkylation sites (tertiary alicyclic amines) is 1. The van der Waals surface area contributed by atoms with E-state index in [9.17, 15) is 14.4 Å². The van der Waals surface area contributed by atoms with Crippen molar-refractivity contribution < 1.29 is 14.4 Å². The van der Waals surface area contributed by atoms with E-state index in [2.05, 4.69) is 10.9 Å². The van der Waals surface area contributed by atoms with Gasteiger partial charge in [-0.25, -0.2) is 0 Å². The minimum absolute atomic E-state index is 0.0271. The van der Waals surface area contributed by atoms with E-state index in [0.29, 0.717) is 29.3 Å². The Hall–Kier alpha value is -2.19. The highest BCUT2D eigenvalue weighted by Gasteiger charge is 2.29. The van der Waals surface area contributed by atoms with Crippen LogP contribution in [0.2, 0.25) is 0 Å². The number of aryl methyl sites for hydroxylation is 2. The van der Waals surface area contributed by atoms with Crippen LogP contribution in [0.15, 0.2) is 23.6 Å². The Morgan fingerprint density at radius 3 is 2.71 bits per heavy atom. The Labute approximate surface area is 171 Å². The van der Waals surface area contributed by atoms with Gasteiger partial charge in [0.25, 0.3) is 11.8 Å². The Morgan fingerprint density at radius 1 is 1.07 bits per heavy atom. The Morgan fingerprint density at radius 2 is 1.93 bits per heavy atom. The molecule has 148 valence electrons. The lowest BCUT2D eigenvalue weighted by Crippen LogP contribution is -2.49. The number of thiophene rings is 2. The average Bonchev–Trinajstić information content (AvgIpc) is 3.41. The van der Waals surface area contributed by atoms with Gasteiger partial charge in [0.05, 0.1) is 15.7 Å². The van der Waals surface area contributed by atoms with Crippen LogP contribution in [0, 0.1) is 5.92 Å². The molecule has 0 aromatic carbocycles. The fraction of sp³-hybridized carbons (Fsp3) is 0.450. The van der Waals surface area contributed by atoms with E-state index in [0.717, 1.165) is 19.3 Å². The van der Waals surface area contributed by atoms with Crippen molar-refractivity contribution in [2.24, 2.45) is 5.92 Å². The molecule has 0 saturated carbocycles. The molecule has 1 atom stereocenters. The second-order valence-corrected chi connectivity index (χ2v) is 9.36. The Balaban J connectivity index is 1.31. The van der Waals surface area contributed by atoms with Gasteiger partial charge in [-0.2, -0.15) is 0 Å². The smallest absolute Gasteiger partial charge is 0.279 e. The summed E-state index contributed by atoms with van der Waals surface area (Å²) in [4.78, 5) is 41.8. The number of nitrogens with one attached hydrogen (secondary N) is 2. The predicted molar refractivity (Wildman–Crippen MR) is 110 cm³/mol. The van der Waals surface area contributed by atoms with Crippen LogP contribution in [-0.2, 0) is 17.6 Å². The highest BCUT2D eigenvalue weighted by molar-refractivity contribution is 7.14. The Kier molecular flexibility index (Phi) is 5.77. The summed E-state index contributed by atoms with van der Waals surface area (Å²) < 4.78 is 0. The lowest BCUT2D eigenvalue weighted by molar-refractivity contribution is -0.127. The fourth-order valence-electron chi connectivity index (χ4n) is 3.82. The van der Waals surface area contributed by atoms with Gasteiger partial charge in [-0.3, -0.25) is 25.2 Å². The summed E-state index contributed by atoms with van der Waals surface area (Å²) in [5, 5.41) is 1.87. The number of carbonyl (C=O) groups excluding carboxylic acids is 3. The maximum atomic E-state index is 12.5. The van der Waals surface area contributed by atoms with E-state index >= 15 is 0 Å². The monoisotopic (exact) mass is 417 g/mol. The molecule has 0 radical (unpaired) electrons. The van der Waals surface area contributed by atoms with E-state index in [-0.39, 0.29) is 23.6 Å². The summed E-state index contributed by atoms with van der Waals surface area (Å²) in [7, 11) is 0.